The molecule has 17 heavy (non-hydrogen) atoms. The molecule has 1 atom stereocenters. The lowest BCUT2D eigenvalue weighted by atomic mass is 9.83. The molecule has 1 unspecified atom stereocenters. The summed E-state index contributed by atoms with van der Waals surface area (Å²) in [4.78, 5) is 0. The van der Waals surface area contributed by atoms with Gasteiger partial charge in [-0.1, -0.05) is 47.3 Å². The van der Waals surface area contributed by atoms with Crippen molar-refractivity contribution in [1.82, 2.24) is 5.32 Å². The van der Waals surface area contributed by atoms with Crippen molar-refractivity contribution in [2.45, 2.75) is 44.6 Å². The van der Waals surface area contributed by atoms with Crippen LogP contribution in [0.4, 0.5) is 0 Å². The molecule has 0 aliphatic heterocycles. The Balaban J connectivity index is 1.57. The molecule has 1 nitrogen and oxygen atoms in total. The van der Waals surface area contributed by atoms with Gasteiger partial charge in [0, 0.05) is 10.5 Å². The molecule has 0 saturated heterocycles. The molecule has 0 radical (unpaired) electrons. The highest BCUT2D eigenvalue weighted by atomic mass is 79.9. The van der Waals surface area contributed by atoms with Crippen LogP contribution < -0.4 is 5.32 Å². The van der Waals surface area contributed by atoms with Crippen molar-refractivity contribution < 1.29 is 0 Å². The van der Waals surface area contributed by atoms with E-state index in [9.17, 15) is 0 Å². The Kier molecular flexibility index (Phi) is 3.53. The van der Waals surface area contributed by atoms with E-state index in [0.29, 0.717) is 6.04 Å². The molecule has 0 aromatic heterocycles. The van der Waals surface area contributed by atoms with Crippen LogP contribution in [0.5, 0.6) is 0 Å². The van der Waals surface area contributed by atoms with Crippen LogP contribution in [-0.2, 0) is 6.42 Å². The Morgan fingerprint density at radius 3 is 2.88 bits per heavy atom. The van der Waals surface area contributed by atoms with E-state index in [4.69, 9.17) is 0 Å². The molecular weight excluding hydrogens is 274 g/mol. The number of rotatable bonds is 4. The van der Waals surface area contributed by atoms with E-state index < -0.39 is 0 Å². The standard InChI is InChI=1S/C15H20BrN/c16-14-6-2-5-13-12(14)7-8-15(13)17-10-9-11-3-1-4-11/h2,5-6,11,15,17H,1,3-4,7-10H2. The molecule has 0 bridgehead atoms. The Bertz CT molecular complexity index is 398. The largest absolute Gasteiger partial charge is 0.310 e. The van der Waals surface area contributed by atoms with E-state index in [1.807, 2.05) is 0 Å². The Hall–Kier alpha value is -0.340. The van der Waals surface area contributed by atoms with Gasteiger partial charge in [-0.3, -0.25) is 0 Å². The maximum Gasteiger partial charge on any atom is 0.0326 e. The molecule has 3 rings (SSSR count). The van der Waals surface area contributed by atoms with E-state index in [1.165, 1.54) is 60.7 Å². The molecule has 1 N–H and O–H groups in total. The molecule has 0 spiro atoms. The lowest BCUT2D eigenvalue weighted by Gasteiger charge is -2.26. The summed E-state index contributed by atoms with van der Waals surface area (Å²) in [5.41, 5.74) is 3.04. The first kappa shape index (κ1) is 11.7. The van der Waals surface area contributed by atoms with Crippen LogP contribution in [0.15, 0.2) is 22.7 Å². The van der Waals surface area contributed by atoms with E-state index in [-0.39, 0.29) is 0 Å². The number of hydrogen-bond acceptors (Lipinski definition) is 1. The average molecular weight is 294 g/mol. The second kappa shape index (κ2) is 5.11. The zero-order chi connectivity index (χ0) is 11.7. The zero-order valence-corrected chi connectivity index (χ0v) is 11.8. The van der Waals surface area contributed by atoms with Gasteiger partial charge in [-0.05, 0) is 48.9 Å². The SMILES string of the molecule is Brc1cccc2c1CCC2NCCC1CCC1. The van der Waals surface area contributed by atoms with Crippen molar-refractivity contribution in [3.05, 3.63) is 33.8 Å². The summed E-state index contributed by atoms with van der Waals surface area (Å²) in [6.45, 7) is 1.20. The van der Waals surface area contributed by atoms with Crippen molar-refractivity contribution in [3.63, 3.8) is 0 Å². The number of nitrogens with one attached hydrogen (secondary N) is 1. The third-order valence-electron chi connectivity index (χ3n) is 4.38. The summed E-state index contributed by atoms with van der Waals surface area (Å²) in [5, 5.41) is 3.74. The summed E-state index contributed by atoms with van der Waals surface area (Å²) in [6, 6.07) is 7.21. The van der Waals surface area contributed by atoms with Gasteiger partial charge in [0.25, 0.3) is 0 Å². The quantitative estimate of drug-likeness (QED) is 0.877. The van der Waals surface area contributed by atoms with Crippen molar-refractivity contribution in [3.8, 4) is 0 Å². The van der Waals surface area contributed by atoms with Crippen molar-refractivity contribution in [1.29, 1.82) is 0 Å². The highest BCUT2D eigenvalue weighted by Gasteiger charge is 2.24. The minimum Gasteiger partial charge on any atom is -0.310 e. The summed E-state index contributed by atoms with van der Waals surface area (Å²) >= 11 is 3.66. The number of hydrogen-bond donors (Lipinski definition) is 1. The topological polar surface area (TPSA) is 12.0 Å². The minimum atomic E-state index is 0.600. The predicted octanol–water partition coefficient (Wildman–Crippen LogP) is 4.22. The van der Waals surface area contributed by atoms with Crippen LogP contribution in [0.1, 0.15) is 49.3 Å². The second-order valence-corrected chi connectivity index (χ2v) is 6.29. The highest BCUT2D eigenvalue weighted by Crippen LogP contribution is 2.36. The number of fused-ring (bicyclic) bond motifs is 1. The van der Waals surface area contributed by atoms with Crippen LogP contribution in [0.2, 0.25) is 0 Å². The maximum absolute atomic E-state index is 3.74. The number of halogens is 1. The fourth-order valence-corrected chi connectivity index (χ4v) is 3.64. The van der Waals surface area contributed by atoms with Gasteiger partial charge >= 0.3 is 0 Å². The van der Waals surface area contributed by atoms with Gasteiger partial charge in [-0.15, -0.1) is 0 Å². The molecule has 2 aliphatic carbocycles. The lowest BCUT2D eigenvalue weighted by molar-refractivity contribution is 0.287. The van der Waals surface area contributed by atoms with Crippen LogP contribution in [0.25, 0.3) is 0 Å². The van der Waals surface area contributed by atoms with Crippen LogP contribution in [-0.4, -0.2) is 6.54 Å². The first-order valence-electron chi connectivity index (χ1n) is 6.85. The molecule has 0 heterocycles. The Labute approximate surface area is 112 Å². The van der Waals surface area contributed by atoms with E-state index >= 15 is 0 Å². The van der Waals surface area contributed by atoms with Crippen LogP contribution in [0.3, 0.4) is 0 Å². The maximum atomic E-state index is 3.74. The third kappa shape index (κ3) is 2.43. The highest BCUT2D eigenvalue weighted by molar-refractivity contribution is 9.10. The Morgan fingerprint density at radius 1 is 1.24 bits per heavy atom. The summed E-state index contributed by atoms with van der Waals surface area (Å²) in [5.74, 6) is 1.02. The summed E-state index contributed by atoms with van der Waals surface area (Å²) in [7, 11) is 0. The zero-order valence-electron chi connectivity index (χ0n) is 10.2. The molecule has 1 aromatic carbocycles. The van der Waals surface area contributed by atoms with Crippen molar-refractivity contribution in [2.24, 2.45) is 5.92 Å². The molecular formula is C15H20BrN. The van der Waals surface area contributed by atoms with Gasteiger partial charge in [0.1, 0.15) is 0 Å². The smallest absolute Gasteiger partial charge is 0.0326 e. The summed E-state index contributed by atoms with van der Waals surface area (Å²) < 4.78 is 1.29. The molecule has 1 fully saturated rings. The van der Waals surface area contributed by atoms with E-state index in [0.717, 1.165) is 5.92 Å². The van der Waals surface area contributed by atoms with Crippen LogP contribution >= 0.6 is 15.9 Å². The lowest BCUT2D eigenvalue weighted by Crippen LogP contribution is -2.24. The molecule has 92 valence electrons. The first-order chi connectivity index (χ1) is 8.34. The summed E-state index contributed by atoms with van der Waals surface area (Å²) in [6.07, 6.45) is 8.26. The first-order valence-corrected chi connectivity index (χ1v) is 7.64. The predicted molar refractivity (Wildman–Crippen MR) is 75.2 cm³/mol. The minimum absolute atomic E-state index is 0.600. The fraction of sp³-hybridized carbons (Fsp3) is 0.600. The average Bonchev–Trinajstić information content (AvgIpc) is 2.67. The van der Waals surface area contributed by atoms with Gasteiger partial charge in [0.15, 0.2) is 0 Å². The molecule has 1 aromatic rings. The van der Waals surface area contributed by atoms with Crippen molar-refractivity contribution in [2.75, 3.05) is 6.54 Å². The second-order valence-electron chi connectivity index (χ2n) is 5.44. The van der Waals surface area contributed by atoms with Gasteiger partial charge in [0.2, 0.25) is 0 Å². The molecule has 2 heteroatoms. The normalized spacial score (nSPS) is 23.5. The molecule has 2 aliphatic rings. The van der Waals surface area contributed by atoms with E-state index in [1.54, 1.807) is 0 Å². The van der Waals surface area contributed by atoms with Gasteiger partial charge in [-0.2, -0.15) is 0 Å². The monoisotopic (exact) mass is 293 g/mol. The van der Waals surface area contributed by atoms with Crippen molar-refractivity contribution >= 4 is 15.9 Å². The van der Waals surface area contributed by atoms with E-state index in [2.05, 4.69) is 39.4 Å². The Morgan fingerprint density at radius 2 is 2.12 bits per heavy atom. The van der Waals surface area contributed by atoms with Crippen LogP contribution in [0, 0.1) is 5.92 Å². The van der Waals surface area contributed by atoms with Gasteiger partial charge in [-0.25, -0.2) is 0 Å². The van der Waals surface area contributed by atoms with Gasteiger partial charge in [0.05, 0.1) is 0 Å². The van der Waals surface area contributed by atoms with Gasteiger partial charge < -0.3 is 5.32 Å². The molecule has 1 saturated carbocycles. The molecule has 0 amide bonds. The third-order valence-corrected chi connectivity index (χ3v) is 5.12. The fourth-order valence-electron chi connectivity index (χ4n) is 3.06. The number of benzene rings is 1.